The van der Waals surface area contributed by atoms with E-state index < -0.39 is 47.3 Å². The highest BCUT2D eigenvalue weighted by Crippen LogP contribution is 2.37. The quantitative estimate of drug-likeness (QED) is 0.204. The Morgan fingerprint density at radius 2 is 1.62 bits per heavy atom. The molecular weight excluding hydrogens is 568 g/mol. The largest absolute Gasteiger partial charge is 0.494 e. The Morgan fingerprint density at radius 3 is 2.19 bits per heavy atom. The molecular formula is C29H35F6N3O4. The van der Waals surface area contributed by atoms with E-state index in [4.69, 9.17) is 4.74 Å². The number of nitrogens with one attached hydrogen (secondary N) is 3. The van der Waals surface area contributed by atoms with Crippen molar-refractivity contribution in [2.45, 2.75) is 63.3 Å². The van der Waals surface area contributed by atoms with E-state index in [0.717, 1.165) is 5.56 Å². The highest BCUT2D eigenvalue weighted by molar-refractivity contribution is 5.82. The van der Waals surface area contributed by atoms with Crippen LogP contribution in [-0.4, -0.2) is 43.3 Å². The molecule has 2 aliphatic rings. The molecule has 2 aliphatic heterocycles. The minimum Gasteiger partial charge on any atom is -0.494 e. The molecule has 0 saturated carbocycles. The summed E-state index contributed by atoms with van der Waals surface area (Å²) in [6, 6.07) is 8.10. The molecule has 0 aliphatic carbocycles. The van der Waals surface area contributed by atoms with Crippen LogP contribution in [0.1, 0.15) is 54.4 Å². The number of likely N-dealkylation sites (N-methyl/N-ethyl adjacent to an activating group) is 1. The van der Waals surface area contributed by atoms with E-state index in [1.165, 1.54) is 7.05 Å². The number of carbonyl (C=O) groups excluding carboxylic acids is 2. The second-order valence-electron chi connectivity index (χ2n) is 10.4. The lowest BCUT2D eigenvalue weighted by atomic mass is 9.83. The van der Waals surface area contributed by atoms with Crippen LogP contribution in [-0.2, 0) is 34.8 Å². The number of hydroxylamine groups is 1. The number of benzene rings is 2. The molecule has 2 amide bonds. The summed E-state index contributed by atoms with van der Waals surface area (Å²) in [5.74, 6) is -1.54. The molecule has 0 aromatic heterocycles. The fourth-order valence-corrected chi connectivity index (χ4v) is 5.18. The number of aryl methyl sites for hydroxylation is 1. The molecule has 2 heterocycles. The van der Waals surface area contributed by atoms with Crippen LogP contribution in [0, 0.1) is 11.8 Å². The molecule has 7 nitrogen and oxygen atoms in total. The number of ether oxygens (including phenoxy) is 1. The predicted octanol–water partition coefficient (Wildman–Crippen LogP) is 5.29. The van der Waals surface area contributed by atoms with Gasteiger partial charge >= 0.3 is 12.4 Å². The number of rotatable bonds is 6. The normalized spacial score (nSPS) is 20.6. The fourth-order valence-electron chi connectivity index (χ4n) is 5.18. The van der Waals surface area contributed by atoms with Crippen molar-refractivity contribution in [2.24, 2.45) is 11.8 Å². The van der Waals surface area contributed by atoms with Gasteiger partial charge in [-0.1, -0.05) is 12.1 Å². The lowest BCUT2D eigenvalue weighted by Crippen LogP contribution is -2.48. The van der Waals surface area contributed by atoms with Crippen LogP contribution in [0.2, 0.25) is 0 Å². The van der Waals surface area contributed by atoms with E-state index in [-0.39, 0.29) is 43.3 Å². The maximum atomic E-state index is 13.3. The van der Waals surface area contributed by atoms with Gasteiger partial charge in [-0.05, 0) is 98.9 Å². The predicted molar refractivity (Wildman–Crippen MR) is 142 cm³/mol. The first-order valence-electron chi connectivity index (χ1n) is 13.7. The van der Waals surface area contributed by atoms with Crippen molar-refractivity contribution in [1.29, 1.82) is 0 Å². The summed E-state index contributed by atoms with van der Waals surface area (Å²) in [5.41, 5.74) is -0.370. The van der Waals surface area contributed by atoms with Gasteiger partial charge < -0.3 is 15.4 Å². The van der Waals surface area contributed by atoms with Gasteiger partial charge in [-0.15, -0.1) is 0 Å². The van der Waals surface area contributed by atoms with Crippen molar-refractivity contribution in [3.05, 3.63) is 64.7 Å². The first-order valence-corrected chi connectivity index (χ1v) is 13.7. The van der Waals surface area contributed by atoms with Gasteiger partial charge in [0.05, 0.1) is 23.8 Å². The second kappa shape index (κ2) is 14.7. The summed E-state index contributed by atoms with van der Waals surface area (Å²) in [6.07, 6.45) is -7.81. The molecule has 0 saturated heterocycles. The Morgan fingerprint density at radius 1 is 0.976 bits per heavy atom. The number of alkyl halides is 6. The lowest BCUT2D eigenvalue weighted by molar-refractivity contribution is -0.143. The van der Waals surface area contributed by atoms with Gasteiger partial charge in [-0.2, -0.15) is 26.3 Å². The first-order chi connectivity index (χ1) is 19.8. The van der Waals surface area contributed by atoms with Crippen LogP contribution >= 0.6 is 0 Å². The van der Waals surface area contributed by atoms with E-state index >= 15 is 0 Å². The molecule has 42 heavy (non-hydrogen) atoms. The summed E-state index contributed by atoms with van der Waals surface area (Å²) in [7, 11) is 1.49. The lowest BCUT2D eigenvalue weighted by Gasteiger charge is -2.28. The standard InChI is InChI=1S/C29H35F6N3O4/c1-36-27(40)25-15-18-8-10-23(11-9-18)42-12-3-2-7-24(26(39)38-41)20(17-37-25)6-4-5-19-13-21(28(30,31)32)16-22(14-19)29(33,34)35/h8-11,13-14,16,20,24-25,37,41H,2-7,12,15,17H2,1H3,(H,36,40)(H,38,39)/t20-,24-,25-/m0/s1. The number of carbonyl (C=O) groups is 2. The third-order valence-electron chi connectivity index (χ3n) is 7.43. The van der Waals surface area contributed by atoms with Crippen LogP contribution in [0.15, 0.2) is 42.5 Å². The Hall–Kier alpha value is -3.32. The van der Waals surface area contributed by atoms with Crippen molar-refractivity contribution in [2.75, 3.05) is 20.2 Å². The number of fused-ring (bicyclic) bond motifs is 12. The molecule has 0 spiro atoms. The zero-order chi connectivity index (χ0) is 30.9. The molecule has 0 unspecified atom stereocenters. The number of hydrogen-bond acceptors (Lipinski definition) is 5. The van der Waals surface area contributed by atoms with Gasteiger partial charge in [-0.3, -0.25) is 14.8 Å². The minimum atomic E-state index is -4.95. The Balaban J connectivity index is 1.84. The monoisotopic (exact) mass is 603 g/mol. The summed E-state index contributed by atoms with van der Waals surface area (Å²) in [5, 5.41) is 15.2. The van der Waals surface area contributed by atoms with Crippen LogP contribution in [0.4, 0.5) is 26.3 Å². The van der Waals surface area contributed by atoms with Crippen molar-refractivity contribution >= 4 is 11.8 Å². The SMILES string of the molecule is CNC(=O)[C@@H]1Cc2ccc(cc2)OCCCC[C@H](C(=O)NO)[C@@H](CCCc2cc(C(F)(F)F)cc(C(F)(F)F)c2)CN1. The molecule has 2 bridgehead atoms. The van der Waals surface area contributed by atoms with Crippen molar-refractivity contribution in [3.63, 3.8) is 0 Å². The highest BCUT2D eigenvalue weighted by atomic mass is 19.4. The van der Waals surface area contributed by atoms with Crippen molar-refractivity contribution in [1.82, 2.24) is 16.1 Å². The van der Waals surface area contributed by atoms with Gasteiger partial charge in [0.15, 0.2) is 0 Å². The van der Waals surface area contributed by atoms with Gasteiger partial charge in [0, 0.05) is 13.0 Å². The second-order valence-corrected chi connectivity index (χ2v) is 10.4. The molecule has 0 radical (unpaired) electrons. The third-order valence-corrected chi connectivity index (χ3v) is 7.43. The number of halogens is 6. The maximum absolute atomic E-state index is 13.3. The maximum Gasteiger partial charge on any atom is 0.416 e. The van der Waals surface area contributed by atoms with Crippen LogP contribution in [0.25, 0.3) is 0 Å². The van der Waals surface area contributed by atoms with E-state index in [9.17, 15) is 41.1 Å². The summed E-state index contributed by atoms with van der Waals surface area (Å²) in [6.45, 7) is 0.523. The third kappa shape index (κ3) is 9.62. The van der Waals surface area contributed by atoms with Gasteiger partial charge in [-0.25, -0.2) is 5.48 Å². The fraction of sp³-hybridized carbons (Fsp3) is 0.517. The van der Waals surface area contributed by atoms with E-state index in [2.05, 4.69) is 10.6 Å². The van der Waals surface area contributed by atoms with Crippen LogP contribution < -0.4 is 20.9 Å². The van der Waals surface area contributed by atoms with Crippen molar-refractivity contribution in [3.8, 4) is 5.75 Å². The minimum absolute atomic E-state index is 0.0883. The highest BCUT2D eigenvalue weighted by Gasteiger charge is 2.37. The molecule has 2 aromatic rings. The molecule has 0 fully saturated rings. The Bertz CT molecular complexity index is 1160. The summed E-state index contributed by atoms with van der Waals surface area (Å²) >= 11 is 0. The summed E-state index contributed by atoms with van der Waals surface area (Å²) in [4.78, 5) is 25.4. The van der Waals surface area contributed by atoms with Gasteiger partial charge in [0.1, 0.15) is 5.75 Å². The van der Waals surface area contributed by atoms with Gasteiger partial charge in [0.2, 0.25) is 11.8 Å². The number of hydrogen-bond donors (Lipinski definition) is 4. The Kier molecular flexibility index (Phi) is 11.6. The first kappa shape index (κ1) is 33.2. The topological polar surface area (TPSA) is 99.7 Å². The van der Waals surface area contributed by atoms with Crippen LogP contribution in [0.3, 0.4) is 0 Å². The van der Waals surface area contributed by atoms with Gasteiger partial charge in [0.25, 0.3) is 0 Å². The molecule has 4 rings (SSSR count). The molecule has 4 N–H and O–H groups in total. The number of amides is 2. The molecule has 3 atom stereocenters. The zero-order valence-corrected chi connectivity index (χ0v) is 23.1. The van der Waals surface area contributed by atoms with E-state index in [1.807, 2.05) is 12.1 Å². The zero-order valence-electron chi connectivity index (χ0n) is 23.1. The molecule has 13 heteroatoms. The molecule has 2 aromatic carbocycles. The van der Waals surface area contributed by atoms with E-state index in [0.29, 0.717) is 50.2 Å². The Labute approximate surface area is 240 Å². The molecule has 232 valence electrons. The average molecular weight is 604 g/mol. The summed E-state index contributed by atoms with van der Waals surface area (Å²) < 4.78 is 85.6. The van der Waals surface area contributed by atoms with E-state index in [1.54, 1.807) is 17.6 Å². The van der Waals surface area contributed by atoms with Crippen LogP contribution in [0.5, 0.6) is 5.75 Å². The van der Waals surface area contributed by atoms with Crippen molar-refractivity contribution < 1.29 is 45.9 Å². The smallest absolute Gasteiger partial charge is 0.416 e. The average Bonchev–Trinajstić information content (AvgIpc) is 2.95.